The fourth-order valence-corrected chi connectivity index (χ4v) is 4.77. The Hall–Kier alpha value is -1.37. The lowest BCUT2D eigenvalue weighted by Crippen LogP contribution is -2.30. The Bertz CT molecular complexity index is 801. The van der Waals surface area contributed by atoms with Crippen molar-refractivity contribution in [3.05, 3.63) is 46.8 Å². The molecule has 1 aromatic heterocycles. The predicted molar refractivity (Wildman–Crippen MR) is 87.9 cm³/mol. The third kappa shape index (κ3) is 3.16. The van der Waals surface area contributed by atoms with Crippen molar-refractivity contribution in [2.24, 2.45) is 0 Å². The van der Waals surface area contributed by atoms with Gasteiger partial charge in [0.25, 0.3) is 0 Å². The van der Waals surface area contributed by atoms with E-state index in [-0.39, 0.29) is 16.9 Å². The minimum atomic E-state index is -3.61. The first-order chi connectivity index (χ1) is 10.9. The molecule has 1 aromatic carbocycles. The first-order valence-electron chi connectivity index (χ1n) is 7.63. The number of rotatable bonds is 4. The molecule has 0 radical (unpaired) electrons. The molecule has 2 heterocycles. The predicted octanol–water partition coefficient (Wildman–Crippen LogP) is 3.98. The molecule has 1 saturated heterocycles. The van der Waals surface area contributed by atoms with Crippen LogP contribution >= 0.6 is 11.6 Å². The molecule has 0 N–H and O–H groups in total. The van der Waals surface area contributed by atoms with E-state index in [0.717, 1.165) is 18.5 Å². The molecule has 1 unspecified atom stereocenters. The van der Waals surface area contributed by atoms with Gasteiger partial charge in [-0.15, -0.1) is 0 Å². The summed E-state index contributed by atoms with van der Waals surface area (Å²) in [5.41, 5.74) is 0.840. The second-order valence-corrected chi connectivity index (χ2v) is 8.37. The van der Waals surface area contributed by atoms with Crippen LogP contribution in [0.2, 0.25) is 5.02 Å². The summed E-state index contributed by atoms with van der Waals surface area (Å²) >= 11 is 5.94. The fourth-order valence-electron chi connectivity index (χ4n) is 2.81. The van der Waals surface area contributed by atoms with Crippen LogP contribution in [0.15, 0.2) is 39.8 Å². The number of nitrogens with zero attached hydrogens (tertiary/aromatic N) is 2. The fraction of sp³-hybridized carbons (Fsp3) is 0.438. The van der Waals surface area contributed by atoms with Crippen molar-refractivity contribution in [1.82, 2.24) is 9.46 Å². The van der Waals surface area contributed by atoms with Crippen molar-refractivity contribution in [2.75, 3.05) is 6.54 Å². The molecule has 0 aliphatic carbocycles. The third-order valence-corrected chi connectivity index (χ3v) is 6.21. The summed E-state index contributed by atoms with van der Waals surface area (Å²) < 4.78 is 32.7. The van der Waals surface area contributed by atoms with Crippen LogP contribution in [-0.4, -0.2) is 24.4 Å². The summed E-state index contributed by atoms with van der Waals surface area (Å²) in [5, 5.41) is 4.45. The topological polar surface area (TPSA) is 63.4 Å². The van der Waals surface area contributed by atoms with E-state index >= 15 is 0 Å². The molecule has 0 saturated carbocycles. The molecular formula is C16H19ClN2O3S. The standard InChI is InChI=1S/C16H19ClN2O3S/c1-11(2)14-10-16(22-18-14)15-7-4-8-19(15)23(20,21)13-6-3-5-12(17)9-13/h3,5-6,9-11,15H,4,7-8H2,1-2H3. The third-order valence-electron chi connectivity index (χ3n) is 4.07. The molecule has 0 bridgehead atoms. The van der Waals surface area contributed by atoms with Crippen LogP contribution < -0.4 is 0 Å². The zero-order chi connectivity index (χ0) is 16.6. The lowest BCUT2D eigenvalue weighted by atomic mass is 10.1. The zero-order valence-electron chi connectivity index (χ0n) is 13.1. The first-order valence-corrected chi connectivity index (χ1v) is 9.45. The van der Waals surface area contributed by atoms with E-state index in [4.69, 9.17) is 16.1 Å². The number of aromatic nitrogens is 1. The summed E-state index contributed by atoms with van der Waals surface area (Å²) in [7, 11) is -3.61. The van der Waals surface area contributed by atoms with E-state index in [9.17, 15) is 8.42 Å². The maximum atomic E-state index is 12.9. The van der Waals surface area contributed by atoms with E-state index in [0.29, 0.717) is 17.3 Å². The molecule has 23 heavy (non-hydrogen) atoms. The lowest BCUT2D eigenvalue weighted by molar-refractivity contribution is 0.295. The lowest BCUT2D eigenvalue weighted by Gasteiger charge is -2.22. The number of halogens is 1. The van der Waals surface area contributed by atoms with Gasteiger partial charge >= 0.3 is 0 Å². The summed E-state index contributed by atoms with van der Waals surface area (Å²) in [6.45, 7) is 4.52. The molecule has 5 nitrogen and oxygen atoms in total. The van der Waals surface area contributed by atoms with Crippen molar-refractivity contribution in [3.8, 4) is 0 Å². The van der Waals surface area contributed by atoms with Gasteiger partial charge < -0.3 is 4.52 Å². The molecule has 1 aliphatic rings. The van der Waals surface area contributed by atoms with Crippen molar-refractivity contribution in [3.63, 3.8) is 0 Å². The molecule has 1 aliphatic heterocycles. The van der Waals surface area contributed by atoms with Crippen LogP contribution in [0, 0.1) is 0 Å². The zero-order valence-corrected chi connectivity index (χ0v) is 14.6. The molecule has 3 rings (SSSR count). The second kappa shape index (κ2) is 6.26. The minimum absolute atomic E-state index is 0.209. The Balaban J connectivity index is 1.94. The smallest absolute Gasteiger partial charge is 0.243 e. The van der Waals surface area contributed by atoms with Crippen LogP contribution in [0.5, 0.6) is 0 Å². The molecule has 0 spiro atoms. The van der Waals surface area contributed by atoms with E-state index in [1.165, 1.54) is 10.4 Å². The Morgan fingerprint density at radius 2 is 2.13 bits per heavy atom. The number of hydrogen-bond donors (Lipinski definition) is 0. The first kappa shape index (κ1) is 16.5. The van der Waals surface area contributed by atoms with E-state index in [1.54, 1.807) is 18.2 Å². The highest BCUT2D eigenvalue weighted by Gasteiger charge is 2.38. The van der Waals surface area contributed by atoms with Crippen LogP contribution in [0.3, 0.4) is 0 Å². The highest BCUT2D eigenvalue weighted by atomic mass is 35.5. The Kier molecular flexibility index (Phi) is 4.49. The van der Waals surface area contributed by atoms with Gasteiger partial charge in [-0.05, 0) is 37.0 Å². The van der Waals surface area contributed by atoms with Crippen molar-refractivity contribution in [2.45, 2.75) is 43.5 Å². The SMILES string of the molecule is CC(C)c1cc(C2CCCN2S(=O)(=O)c2cccc(Cl)c2)on1. The highest BCUT2D eigenvalue weighted by molar-refractivity contribution is 7.89. The van der Waals surface area contributed by atoms with Gasteiger partial charge in [-0.3, -0.25) is 0 Å². The van der Waals surface area contributed by atoms with Crippen LogP contribution in [0.1, 0.15) is 50.1 Å². The van der Waals surface area contributed by atoms with E-state index in [1.807, 2.05) is 19.9 Å². The van der Waals surface area contributed by atoms with Gasteiger partial charge in [-0.2, -0.15) is 4.31 Å². The second-order valence-electron chi connectivity index (χ2n) is 6.04. The van der Waals surface area contributed by atoms with Gasteiger partial charge in [0.15, 0.2) is 5.76 Å². The maximum Gasteiger partial charge on any atom is 0.243 e. The average Bonchev–Trinajstić information content (AvgIpc) is 3.16. The van der Waals surface area contributed by atoms with Crippen molar-refractivity contribution >= 4 is 21.6 Å². The molecular weight excluding hydrogens is 336 g/mol. The van der Waals surface area contributed by atoms with Crippen LogP contribution in [0.25, 0.3) is 0 Å². The molecule has 1 atom stereocenters. The Morgan fingerprint density at radius 1 is 1.35 bits per heavy atom. The van der Waals surface area contributed by atoms with Gasteiger partial charge in [0.1, 0.15) is 0 Å². The van der Waals surface area contributed by atoms with E-state index < -0.39 is 10.0 Å². The number of hydrogen-bond acceptors (Lipinski definition) is 4. The maximum absolute atomic E-state index is 12.9. The van der Waals surface area contributed by atoms with Crippen LogP contribution in [0.4, 0.5) is 0 Å². The monoisotopic (exact) mass is 354 g/mol. The minimum Gasteiger partial charge on any atom is -0.359 e. The number of benzene rings is 1. The summed E-state index contributed by atoms with van der Waals surface area (Å²) in [4.78, 5) is 0.209. The van der Waals surface area contributed by atoms with Gasteiger partial charge in [0, 0.05) is 17.6 Å². The van der Waals surface area contributed by atoms with Gasteiger partial charge in [-0.1, -0.05) is 36.7 Å². The normalized spacial score (nSPS) is 19.6. The van der Waals surface area contributed by atoms with Crippen molar-refractivity contribution in [1.29, 1.82) is 0 Å². The average molecular weight is 355 g/mol. The summed E-state index contributed by atoms with van der Waals surface area (Å²) in [5.74, 6) is 0.851. The van der Waals surface area contributed by atoms with Gasteiger partial charge in [0.05, 0.1) is 16.6 Å². The Morgan fingerprint density at radius 3 is 2.78 bits per heavy atom. The molecule has 2 aromatic rings. The number of sulfonamides is 1. The molecule has 0 amide bonds. The van der Waals surface area contributed by atoms with Gasteiger partial charge in [-0.25, -0.2) is 8.42 Å². The molecule has 1 fully saturated rings. The molecule has 124 valence electrons. The van der Waals surface area contributed by atoms with Gasteiger partial charge in [0.2, 0.25) is 10.0 Å². The summed E-state index contributed by atoms with van der Waals surface area (Å²) in [6, 6.07) is 7.90. The van der Waals surface area contributed by atoms with Crippen molar-refractivity contribution < 1.29 is 12.9 Å². The largest absolute Gasteiger partial charge is 0.359 e. The van der Waals surface area contributed by atoms with E-state index in [2.05, 4.69) is 5.16 Å². The summed E-state index contributed by atoms with van der Waals surface area (Å²) in [6.07, 6.45) is 1.52. The highest BCUT2D eigenvalue weighted by Crippen LogP contribution is 2.37. The quantitative estimate of drug-likeness (QED) is 0.833. The molecule has 7 heteroatoms. The Labute approximate surface area is 141 Å². The van der Waals surface area contributed by atoms with Crippen LogP contribution in [-0.2, 0) is 10.0 Å².